The Kier molecular flexibility index (Phi) is 3.17. The Balaban J connectivity index is 2.05. The Bertz CT molecular complexity index is 596. The Morgan fingerprint density at radius 2 is 1.95 bits per heavy atom. The van der Waals surface area contributed by atoms with Gasteiger partial charge >= 0.3 is 5.97 Å². The summed E-state index contributed by atoms with van der Waals surface area (Å²) in [6, 6.07) is 0. The summed E-state index contributed by atoms with van der Waals surface area (Å²) in [6.45, 7) is 15.6. The van der Waals surface area contributed by atoms with Crippen LogP contribution in [0.25, 0.3) is 0 Å². The Morgan fingerprint density at radius 1 is 1.32 bits per heavy atom. The van der Waals surface area contributed by atoms with Crippen LogP contribution in [0.1, 0.15) is 47.5 Å². The van der Waals surface area contributed by atoms with Gasteiger partial charge in [-0.1, -0.05) is 26.8 Å². The van der Waals surface area contributed by atoms with Gasteiger partial charge in [-0.3, -0.25) is 4.79 Å². The van der Waals surface area contributed by atoms with Gasteiger partial charge in [0.1, 0.15) is 0 Å². The van der Waals surface area contributed by atoms with Crippen molar-refractivity contribution in [2.45, 2.75) is 77.3 Å². The summed E-state index contributed by atoms with van der Waals surface area (Å²) in [5.41, 5.74) is 1.66. The standard InChI is InChI=1S/C18H28O3Si/c1-12-13(2)18-10-8-9-17(18,11-14(19)20-18)15(12)21-22(6,7)16(3,4)5/h8,10,15H,9,11H2,1-7H3/t15-,17-,18+/m1/s1. The molecule has 3 rings (SSSR count). The fourth-order valence-corrected chi connectivity index (χ4v) is 5.46. The van der Waals surface area contributed by atoms with Crippen molar-refractivity contribution in [2.75, 3.05) is 0 Å². The molecule has 1 heterocycles. The molecule has 22 heavy (non-hydrogen) atoms. The molecule has 1 fully saturated rings. The first kappa shape index (κ1) is 16.0. The zero-order chi connectivity index (χ0) is 16.6. The van der Waals surface area contributed by atoms with Crippen LogP contribution in [-0.2, 0) is 14.0 Å². The van der Waals surface area contributed by atoms with Gasteiger partial charge in [0.15, 0.2) is 13.9 Å². The molecule has 1 aliphatic heterocycles. The Hall–Kier alpha value is -0.873. The molecule has 3 nitrogen and oxygen atoms in total. The van der Waals surface area contributed by atoms with E-state index in [1.54, 1.807) is 0 Å². The molecule has 0 amide bonds. The summed E-state index contributed by atoms with van der Waals surface area (Å²) in [5, 5.41) is 0.151. The third kappa shape index (κ3) is 1.74. The van der Waals surface area contributed by atoms with E-state index in [0.717, 1.165) is 6.42 Å². The van der Waals surface area contributed by atoms with Crippen molar-refractivity contribution >= 4 is 14.3 Å². The van der Waals surface area contributed by atoms with Crippen molar-refractivity contribution in [3.05, 3.63) is 23.3 Å². The van der Waals surface area contributed by atoms with Crippen molar-refractivity contribution in [3.8, 4) is 0 Å². The van der Waals surface area contributed by atoms with Crippen molar-refractivity contribution in [3.63, 3.8) is 0 Å². The molecule has 0 unspecified atom stereocenters. The molecule has 0 saturated carbocycles. The van der Waals surface area contributed by atoms with Gasteiger partial charge in [0, 0.05) is 0 Å². The maximum absolute atomic E-state index is 12.1. The van der Waals surface area contributed by atoms with Crippen LogP contribution >= 0.6 is 0 Å². The molecule has 1 saturated heterocycles. The van der Waals surface area contributed by atoms with Gasteiger partial charge < -0.3 is 9.16 Å². The van der Waals surface area contributed by atoms with E-state index < -0.39 is 13.9 Å². The zero-order valence-corrected chi connectivity index (χ0v) is 15.9. The normalized spacial score (nSPS) is 37.6. The summed E-state index contributed by atoms with van der Waals surface area (Å²) >= 11 is 0. The van der Waals surface area contributed by atoms with E-state index in [4.69, 9.17) is 9.16 Å². The number of rotatable bonds is 2. The van der Waals surface area contributed by atoms with Crippen LogP contribution in [0.15, 0.2) is 23.3 Å². The summed E-state index contributed by atoms with van der Waals surface area (Å²) in [6.07, 6.45) is 5.60. The SMILES string of the molecule is CC1=C(C)[C@@]23C=CC[C@@]2(CC(=O)O3)[C@@H]1O[Si](C)(C)C(C)(C)C. The molecule has 2 aliphatic carbocycles. The molecular formula is C18H28O3Si. The van der Waals surface area contributed by atoms with Gasteiger partial charge in [-0.15, -0.1) is 0 Å². The zero-order valence-electron chi connectivity index (χ0n) is 14.9. The molecule has 0 spiro atoms. The lowest BCUT2D eigenvalue weighted by molar-refractivity contribution is -0.144. The van der Waals surface area contributed by atoms with Crippen LogP contribution in [0.3, 0.4) is 0 Å². The number of carbonyl (C=O) groups excluding carboxylic acids is 1. The molecular weight excluding hydrogens is 292 g/mol. The number of hydrogen-bond donors (Lipinski definition) is 0. The molecule has 0 radical (unpaired) electrons. The smallest absolute Gasteiger partial charge is 0.307 e. The van der Waals surface area contributed by atoms with Crippen LogP contribution in [0.5, 0.6) is 0 Å². The molecule has 0 aromatic heterocycles. The molecule has 4 heteroatoms. The van der Waals surface area contributed by atoms with Gasteiger partial charge in [0.05, 0.1) is 17.9 Å². The Morgan fingerprint density at radius 3 is 2.55 bits per heavy atom. The maximum atomic E-state index is 12.1. The quantitative estimate of drug-likeness (QED) is 0.431. The van der Waals surface area contributed by atoms with Crippen LogP contribution in [0.4, 0.5) is 0 Å². The minimum atomic E-state index is -1.92. The van der Waals surface area contributed by atoms with Gasteiger partial charge in [0.25, 0.3) is 0 Å². The molecule has 0 N–H and O–H groups in total. The fraction of sp³-hybridized carbons (Fsp3) is 0.722. The van der Waals surface area contributed by atoms with Crippen molar-refractivity contribution in [1.29, 1.82) is 0 Å². The molecule has 0 bridgehead atoms. The summed E-state index contributed by atoms with van der Waals surface area (Å²) in [5.74, 6) is -0.0833. The lowest BCUT2D eigenvalue weighted by Crippen LogP contribution is -2.51. The van der Waals surface area contributed by atoms with Crippen LogP contribution < -0.4 is 0 Å². The molecule has 122 valence electrons. The number of ether oxygens (including phenoxy) is 1. The molecule has 0 aromatic carbocycles. The van der Waals surface area contributed by atoms with E-state index in [-0.39, 0.29) is 22.5 Å². The second-order valence-corrected chi connectivity index (χ2v) is 13.5. The second kappa shape index (κ2) is 4.35. The van der Waals surface area contributed by atoms with Gasteiger partial charge in [-0.05, 0) is 55.6 Å². The minimum Gasteiger partial charge on any atom is -0.449 e. The first-order chi connectivity index (χ1) is 9.97. The van der Waals surface area contributed by atoms with Crippen molar-refractivity contribution in [1.82, 2.24) is 0 Å². The second-order valence-electron chi connectivity index (χ2n) is 8.72. The lowest BCUT2D eigenvalue weighted by Gasteiger charge is -2.44. The third-order valence-electron chi connectivity index (χ3n) is 6.57. The third-order valence-corrected chi connectivity index (χ3v) is 11.0. The Labute approximate surface area is 134 Å². The van der Waals surface area contributed by atoms with Gasteiger partial charge in [-0.25, -0.2) is 0 Å². The average Bonchev–Trinajstić information content (AvgIpc) is 2.89. The lowest BCUT2D eigenvalue weighted by atomic mass is 9.71. The first-order valence-corrected chi connectivity index (χ1v) is 11.1. The van der Waals surface area contributed by atoms with E-state index in [2.05, 4.69) is 59.9 Å². The van der Waals surface area contributed by atoms with E-state index in [9.17, 15) is 4.79 Å². The summed E-state index contributed by atoms with van der Waals surface area (Å²) in [4.78, 5) is 12.1. The summed E-state index contributed by atoms with van der Waals surface area (Å²) in [7, 11) is -1.92. The number of carbonyl (C=O) groups is 1. The summed E-state index contributed by atoms with van der Waals surface area (Å²) < 4.78 is 12.7. The average molecular weight is 321 g/mol. The van der Waals surface area contributed by atoms with Crippen LogP contribution in [0.2, 0.25) is 18.1 Å². The van der Waals surface area contributed by atoms with Gasteiger partial charge in [-0.2, -0.15) is 0 Å². The predicted molar refractivity (Wildman–Crippen MR) is 90.1 cm³/mol. The topological polar surface area (TPSA) is 35.5 Å². The highest BCUT2D eigenvalue weighted by Gasteiger charge is 2.70. The highest BCUT2D eigenvalue weighted by molar-refractivity contribution is 6.74. The van der Waals surface area contributed by atoms with E-state index in [0.29, 0.717) is 6.42 Å². The highest BCUT2D eigenvalue weighted by Crippen LogP contribution is 2.65. The maximum Gasteiger partial charge on any atom is 0.307 e. The monoisotopic (exact) mass is 320 g/mol. The van der Waals surface area contributed by atoms with Crippen molar-refractivity contribution < 1.29 is 14.0 Å². The first-order valence-electron chi connectivity index (χ1n) is 8.22. The van der Waals surface area contributed by atoms with Crippen molar-refractivity contribution in [2.24, 2.45) is 5.41 Å². The number of allylic oxidation sites excluding steroid dienone is 1. The largest absolute Gasteiger partial charge is 0.449 e. The number of esters is 1. The minimum absolute atomic E-state index is 0.00478. The predicted octanol–water partition coefficient (Wildman–Crippen LogP) is 4.36. The molecule has 3 atom stereocenters. The molecule has 3 aliphatic rings. The number of hydrogen-bond acceptors (Lipinski definition) is 3. The van der Waals surface area contributed by atoms with E-state index >= 15 is 0 Å². The van der Waals surface area contributed by atoms with Crippen LogP contribution in [0, 0.1) is 5.41 Å². The molecule has 0 aromatic rings. The van der Waals surface area contributed by atoms with Crippen LogP contribution in [-0.4, -0.2) is 26.0 Å². The van der Waals surface area contributed by atoms with Gasteiger partial charge in [0.2, 0.25) is 0 Å². The fourth-order valence-electron chi connectivity index (χ4n) is 4.11. The van der Waals surface area contributed by atoms with E-state index in [1.165, 1.54) is 11.1 Å². The van der Waals surface area contributed by atoms with E-state index in [1.807, 2.05) is 0 Å². The highest BCUT2D eigenvalue weighted by atomic mass is 28.4.